The van der Waals surface area contributed by atoms with Crippen LogP contribution in [0, 0.1) is 11.7 Å². The summed E-state index contributed by atoms with van der Waals surface area (Å²) in [4.78, 5) is 14.8. The second kappa shape index (κ2) is 10.4. The summed E-state index contributed by atoms with van der Waals surface area (Å²) in [6.07, 6.45) is 1.63. The molecular weight excluding hydrogens is 383 g/mol. The van der Waals surface area contributed by atoms with Crippen LogP contribution < -0.4 is 14.8 Å². The Labute approximate surface area is 178 Å². The van der Waals surface area contributed by atoms with Gasteiger partial charge in [0.1, 0.15) is 5.82 Å². The number of hydrogen-bond donors (Lipinski definition) is 1. The van der Waals surface area contributed by atoms with Gasteiger partial charge in [0.05, 0.1) is 13.2 Å². The van der Waals surface area contributed by atoms with Crippen LogP contribution in [0.4, 0.5) is 4.39 Å². The van der Waals surface area contributed by atoms with E-state index < -0.39 is 0 Å². The standard InChI is InChI=1S/C24H31FN2O3/c1-17(2)30-22-9-8-18(14-23(22)29-3)15-26-24(28)19-10-12-27(13-11-19)16-20-6-4-5-7-21(20)25/h4-9,14,17,19H,10-13,15-16H2,1-3H3,(H,26,28). The molecule has 1 fully saturated rings. The SMILES string of the molecule is COc1cc(CNC(=O)C2CCN(Cc3ccccc3F)CC2)ccc1OC(C)C. The number of rotatable bonds is 8. The minimum absolute atomic E-state index is 0.00712. The number of nitrogens with one attached hydrogen (secondary N) is 1. The maximum Gasteiger partial charge on any atom is 0.223 e. The molecule has 2 aromatic rings. The van der Waals surface area contributed by atoms with E-state index in [0.717, 1.165) is 31.5 Å². The highest BCUT2D eigenvalue weighted by molar-refractivity contribution is 5.78. The number of piperidine rings is 1. The van der Waals surface area contributed by atoms with E-state index >= 15 is 0 Å². The normalized spacial score (nSPS) is 15.2. The number of carbonyl (C=O) groups excluding carboxylic acids is 1. The van der Waals surface area contributed by atoms with Crippen LogP contribution in [-0.2, 0) is 17.9 Å². The highest BCUT2D eigenvalue weighted by atomic mass is 19.1. The fourth-order valence-electron chi connectivity index (χ4n) is 3.73. The number of hydrogen-bond acceptors (Lipinski definition) is 4. The summed E-state index contributed by atoms with van der Waals surface area (Å²) in [5.41, 5.74) is 1.67. The van der Waals surface area contributed by atoms with Crippen LogP contribution in [0.1, 0.15) is 37.8 Å². The first-order valence-corrected chi connectivity index (χ1v) is 10.5. The Hall–Kier alpha value is -2.60. The maximum absolute atomic E-state index is 13.8. The Kier molecular flexibility index (Phi) is 7.69. The quantitative estimate of drug-likeness (QED) is 0.705. The molecular formula is C24H31FN2O3. The van der Waals surface area contributed by atoms with Crippen molar-refractivity contribution >= 4 is 5.91 Å². The average Bonchev–Trinajstić information content (AvgIpc) is 2.74. The highest BCUT2D eigenvalue weighted by Gasteiger charge is 2.25. The molecule has 0 atom stereocenters. The lowest BCUT2D eigenvalue weighted by Crippen LogP contribution is -2.40. The van der Waals surface area contributed by atoms with Gasteiger partial charge in [-0.3, -0.25) is 9.69 Å². The zero-order valence-electron chi connectivity index (χ0n) is 18.0. The van der Waals surface area contributed by atoms with Crippen LogP contribution in [0.2, 0.25) is 0 Å². The number of carbonyl (C=O) groups is 1. The van der Waals surface area contributed by atoms with E-state index in [9.17, 15) is 9.18 Å². The van der Waals surface area contributed by atoms with E-state index in [2.05, 4.69) is 10.2 Å². The molecule has 3 rings (SSSR count). The van der Waals surface area contributed by atoms with Gasteiger partial charge in [0, 0.05) is 24.6 Å². The molecule has 0 aromatic heterocycles. The minimum Gasteiger partial charge on any atom is -0.493 e. The van der Waals surface area contributed by atoms with Gasteiger partial charge in [-0.2, -0.15) is 0 Å². The zero-order valence-corrected chi connectivity index (χ0v) is 18.0. The van der Waals surface area contributed by atoms with E-state index in [-0.39, 0.29) is 23.7 Å². The van der Waals surface area contributed by atoms with Crippen LogP contribution in [0.5, 0.6) is 11.5 Å². The maximum atomic E-state index is 13.8. The summed E-state index contributed by atoms with van der Waals surface area (Å²) in [6, 6.07) is 12.6. The van der Waals surface area contributed by atoms with Crippen LogP contribution in [0.25, 0.3) is 0 Å². The molecule has 162 valence electrons. The van der Waals surface area contributed by atoms with Gasteiger partial charge in [-0.25, -0.2) is 4.39 Å². The van der Waals surface area contributed by atoms with E-state index in [0.29, 0.717) is 30.2 Å². The molecule has 6 heteroatoms. The molecule has 0 bridgehead atoms. The Morgan fingerprint density at radius 1 is 1.17 bits per heavy atom. The molecule has 0 unspecified atom stereocenters. The zero-order chi connectivity index (χ0) is 21.5. The minimum atomic E-state index is -0.169. The second-order valence-electron chi connectivity index (χ2n) is 8.01. The van der Waals surface area contributed by atoms with Crippen molar-refractivity contribution in [3.63, 3.8) is 0 Å². The van der Waals surface area contributed by atoms with Crippen molar-refractivity contribution in [2.24, 2.45) is 5.92 Å². The first kappa shape index (κ1) is 22.1. The predicted molar refractivity (Wildman–Crippen MR) is 115 cm³/mol. The molecule has 1 heterocycles. The lowest BCUT2D eigenvalue weighted by molar-refractivity contribution is -0.126. The average molecular weight is 415 g/mol. The van der Waals surface area contributed by atoms with Crippen molar-refractivity contribution in [1.82, 2.24) is 10.2 Å². The first-order valence-electron chi connectivity index (χ1n) is 10.5. The molecule has 1 N–H and O–H groups in total. The Morgan fingerprint density at radius 2 is 1.90 bits per heavy atom. The van der Waals surface area contributed by atoms with Crippen LogP contribution in [0.15, 0.2) is 42.5 Å². The topological polar surface area (TPSA) is 50.8 Å². The van der Waals surface area contributed by atoms with Gasteiger partial charge < -0.3 is 14.8 Å². The number of likely N-dealkylation sites (tertiary alicyclic amines) is 1. The molecule has 5 nitrogen and oxygen atoms in total. The molecule has 0 aliphatic carbocycles. The Balaban J connectivity index is 1.47. The summed E-state index contributed by atoms with van der Waals surface area (Å²) < 4.78 is 25.0. The van der Waals surface area contributed by atoms with Crippen LogP contribution in [0.3, 0.4) is 0 Å². The number of benzene rings is 2. The van der Waals surface area contributed by atoms with Crippen molar-refractivity contribution in [2.45, 2.75) is 45.9 Å². The van der Waals surface area contributed by atoms with Gasteiger partial charge in [-0.05, 0) is 63.5 Å². The van der Waals surface area contributed by atoms with Gasteiger partial charge >= 0.3 is 0 Å². The number of ether oxygens (including phenoxy) is 2. The lowest BCUT2D eigenvalue weighted by atomic mass is 9.95. The molecule has 2 aromatic carbocycles. The van der Waals surface area contributed by atoms with Crippen molar-refractivity contribution in [3.8, 4) is 11.5 Å². The van der Waals surface area contributed by atoms with E-state index in [1.165, 1.54) is 6.07 Å². The van der Waals surface area contributed by atoms with Gasteiger partial charge in [0.2, 0.25) is 5.91 Å². The molecule has 0 spiro atoms. The van der Waals surface area contributed by atoms with Crippen molar-refractivity contribution < 1.29 is 18.7 Å². The third-order valence-corrected chi connectivity index (χ3v) is 5.37. The monoisotopic (exact) mass is 414 g/mol. The molecule has 0 saturated carbocycles. The summed E-state index contributed by atoms with van der Waals surface area (Å²) in [5.74, 6) is 1.26. The van der Waals surface area contributed by atoms with E-state index in [1.807, 2.05) is 44.2 Å². The predicted octanol–water partition coefficient (Wildman–Crippen LogP) is 4.15. The third-order valence-electron chi connectivity index (χ3n) is 5.37. The summed E-state index contributed by atoms with van der Waals surface area (Å²) in [7, 11) is 1.61. The molecule has 1 aliphatic heterocycles. The second-order valence-corrected chi connectivity index (χ2v) is 8.01. The molecule has 1 amide bonds. The van der Waals surface area contributed by atoms with Crippen molar-refractivity contribution in [2.75, 3.05) is 20.2 Å². The van der Waals surface area contributed by atoms with Crippen LogP contribution in [-0.4, -0.2) is 37.1 Å². The van der Waals surface area contributed by atoms with Gasteiger partial charge in [-0.1, -0.05) is 24.3 Å². The Bertz CT molecular complexity index is 848. The van der Waals surface area contributed by atoms with E-state index in [4.69, 9.17) is 9.47 Å². The fourth-order valence-corrected chi connectivity index (χ4v) is 3.73. The highest BCUT2D eigenvalue weighted by Crippen LogP contribution is 2.29. The molecule has 1 saturated heterocycles. The summed E-state index contributed by atoms with van der Waals surface area (Å²) in [6.45, 7) is 6.56. The third kappa shape index (κ3) is 5.95. The van der Waals surface area contributed by atoms with Gasteiger partial charge in [0.15, 0.2) is 11.5 Å². The largest absolute Gasteiger partial charge is 0.493 e. The number of methoxy groups -OCH3 is 1. The van der Waals surface area contributed by atoms with Gasteiger partial charge in [0.25, 0.3) is 0 Å². The number of amides is 1. The smallest absolute Gasteiger partial charge is 0.223 e. The van der Waals surface area contributed by atoms with E-state index in [1.54, 1.807) is 13.2 Å². The summed E-state index contributed by atoms with van der Waals surface area (Å²) in [5, 5.41) is 3.04. The number of nitrogens with zero attached hydrogens (tertiary/aromatic N) is 1. The van der Waals surface area contributed by atoms with Crippen LogP contribution >= 0.6 is 0 Å². The summed E-state index contributed by atoms with van der Waals surface area (Å²) >= 11 is 0. The van der Waals surface area contributed by atoms with Crippen molar-refractivity contribution in [1.29, 1.82) is 0 Å². The molecule has 1 aliphatic rings. The number of halogens is 1. The Morgan fingerprint density at radius 3 is 2.57 bits per heavy atom. The van der Waals surface area contributed by atoms with Crippen molar-refractivity contribution in [3.05, 3.63) is 59.4 Å². The molecule has 30 heavy (non-hydrogen) atoms. The lowest BCUT2D eigenvalue weighted by Gasteiger charge is -2.31. The fraction of sp³-hybridized carbons (Fsp3) is 0.458. The first-order chi connectivity index (χ1) is 14.5. The van der Waals surface area contributed by atoms with Gasteiger partial charge in [-0.15, -0.1) is 0 Å². The molecule has 0 radical (unpaired) electrons.